The summed E-state index contributed by atoms with van der Waals surface area (Å²) in [5, 5.41) is 14.4. The topological polar surface area (TPSA) is 102 Å². The van der Waals surface area contributed by atoms with Gasteiger partial charge in [0.1, 0.15) is 17.2 Å². The van der Waals surface area contributed by atoms with Crippen LogP contribution in [-0.4, -0.2) is 40.9 Å². The van der Waals surface area contributed by atoms with E-state index in [0.29, 0.717) is 43.8 Å². The Kier molecular flexibility index (Phi) is 13.5. The second kappa shape index (κ2) is 18.5. The number of nitrogens with zero attached hydrogens (tertiary/aromatic N) is 7. The summed E-state index contributed by atoms with van der Waals surface area (Å²) < 4.78 is 9.10. The smallest absolute Gasteiger partial charge is 0.416 e. The third-order valence-corrected chi connectivity index (χ3v) is 9.72. The molecule has 0 aliphatic heterocycles. The fourth-order valence-electron chi connectivity index (χ4n) is 5.87. The van der Waals surface area contributed by atoms with E-state index in [1.54, 1.807) is 51.8 Å². The van der Waals surface area contributed by atoms with Crippen molar-refractivity contribution in [3.05, 3.63) is 165 Å². The van der Waals surface area contributed by atoms with Gasteiger partial charge < -0.3 is 10.1 Å². The highest BCUT2D eigenvalue weighted by atomic mass is 35.5. The lowest BCUT2D eigenvalue weighted by Crippen LogP contribution is -2.37. The summed E-state index contributed by atoms with van der Waals surface area (Å²) in [5.74, 6) is 1.36. The van der Waals surface area contributed by atoms with Crippen LogP contribution in [0.3, 0.4) is 0 Å². The van der Waals surface area contributed by atoms with E-state index in [0.717, 1.165) is 39.4 Å². The van der Waals surface area contributed by atoms with Gasteiger partial charge in [-0.3, -0.25) is 4.90 Å². The Hall–Kier alpha value is -5.36. The minimum absolute atomic E-state index is 0. The van der Waals surface area contributed by atoms with Crippen molar-refractivity contribution in [2.75, 3.05) is 10.2 Å². The molecule has 8 rings (SSSR count). The molecule has 10 nitrogen and oxygen atoms in total. The van der Waals surface area contributed by atoms with E-state index in [1.807, 2.05) is 112 Å². The van der Waals surface area contributed by atoms with Crippen molar-refractivity contribution in [2.45, 2.75) is 39.5 Å². The van der Waals surface area contributed by atoms with E-state index in [-0.39, 0.29) is 19.0 Å². The number of aromatic nitrogens is 6. The number of halogens is 5. The molecule has 0 saturated heterocycles. The maximum Gasteiger partial charge on any atom is 0.416 e. The molecule has 296 valence electrons. The van der Waals surface area contributed by atoms with Crippen LogP contribution in [0.15, 0.2) is 134 Å². The molecule has 0 radical (unpaired) electrons. The summed E-state index contributed by atoms with van der Waals surface area (Å²) in [4.78, 5) is 24.2. The second-order valence-electron chi connectivity index (χ2n) is 13.9. The van der Waals surface area contributed by atoms with E-state index >= 15 is 0 Å². The Morgan fingerprint density at radius 2 is 1.19 bits per heavy atom. The van der Waals surface area contributed by atoms with Gasteiger partial charge >= 0.3 is 6.09 Å². The van der Waals surface area contributed by atoms with Crippen LogP contribution >= 0.6 is 58.8 Å². The predicted molar refractivity (Wildman–Crippen MR) is 237 cm³/mol. The highest BCUT2D eigenvalue weighted by molar-refractivity contribution is 6.35. The molecule has 0 fully saturated rings. The van der Waals surface area contributed by atoms with Gasteiger partial charge in [0.2, 0.25) is 0 Å². The van der Waals surface area contributed by atoms with Crippen LogP contribution < -0.4 is 10.2 Å². The molecule has 0 spiro atoms. The first-order valence-electron chi connectivity index (χ1n) is 17.8. The van der Waals surface area contributed by atoms with Crippen LogP contribution in [0.5, 0.6) is 0 Å². The van der Waals surface area contributed by atoms with Gasteiger partial charge in [-0.25, -0.2) is 14.8 Å². The number of nitrogens with one attached hydrogen (secondary N) is 1. The van der Waals surface area contributed by atoms with Gasteiger partial charge in [0.25, 0.3) is 0 Å². The molecule has 15 heteroatoms. The molecule has 0 saturated carbocycles. The van der Waals surface area contributed by atoms with Gasteiger partial charge in [-0.2, -0.15) is 19.2 Å². The van der Waals surface area contributed by atoms with Gasteiger partial charge in [0.15, 0.2) is 11.3 Å². The van der Waals surface area contributed by atoms with Gasteiger partial charge in [-0.05, 0) is 56.2 Å². The van der Waals surface area contributed by atoms with Crippen LogP contribution in [0, 0.1) is 0 Å². The molecule has 58 heavy (non-hydrogen) atoms. The lowest BCUT2D eigenvalue weighted by Gasteiger charge is -2.28. The fourth-order valence-corrected chi connectivity index (χ4v) is 6.81. The standard InChI is InChI=1S/C24H22Cl2N4O2.C19H14Cl2N4.ClH/c1-24(2,3)32-23(31)29(15-17-9-10-18(25)13-19(17)26)22-14-20(16-7-5-4-6-8-16)28-21-11-12-27-30(21)22;20-15-7-6-14(16(21)10-15)12-22-19-11-17(13-4-2-1-3-5-13)24-18-8-9-23-25(18)19;/h4-14H,15H2,1-3H3;1-11,22H,12H2;1H. The van der Waals surface area contributed by atoms with Crippen LogP contribution in [0.1, 0.15) is 31.9 Å². The number of rotatable bonds is 8. The Labute approximate surface area is 361 Å². The summed E-state index contributed by atoms with van der Waals surface area (Å²) in [6.45, 7) is 6.19. The van der Waals surface area contributed by atoms with Crippen molar-refractivity contribution in [1.29, 1.82) is 0 Å². The van der Waals surface area contributed by atoms with Crippen molar-refractivity contribution < 1.29 is 9.53 Å². The Morgan fingerprint density at radius 1 is 0.672 bits per heavy atom. The first-order valence-corrected chi connectivity index (χ1v) is 19.4. The third-order valence-electron chi connectivity index (χ3n) is 8.55. The fraction of sp³-hybridized carbons (Fsp3) is 0.140. The number of carbonyl (C=O) groups is 1. The largest absolute Gasteiger partial charge is 0.443 e. The van der Waals surface area contributed by atoms with Crippen molar-refractivity contribution in [2.24, 2.45) is 0 Å². The van der Waals surface area contributed by atoms with Gasteiger partial charge in [0, 0.05) is 62.0 Å². The normalized spacial score (nSPS) is 11.1. The Balaban J connectivity index is 0.000000198. The summed E-state index contributed by atoms with van der Waals surface area (Å²) in [6.07, 6.45) is 2.85. The monoisotopic (exact) mass is 872 g/mol. The average molecular weight is 875 g/mol. The van der Waals surface area contributed by atoms with Crippen LogP contribution in [0.4, 0.5) is 16.4 Å². The molecular formula is C43H37Cl5N8O2. The van der Waals surface area contributed by atoms with E-state index in [9.17, 15) is 4.79 Å². The van der Waals surface area contributed by atoms with Crippen molar-refractivity contribution in [3.63, 3.8) is 0 Å². The number of carbonyl (C=O) groups excluding carboxylic acids is 1. The van der Waals surface area contributed by atoms with Gasteiger partial charge in [-0.15, -0.1) is 12.4 Å². The number of benzene rings is 4. The number of amides is 1. The molecular weight excluding hydrogens is 838 g/mol. The van der Waals surface area contributed by atoms with E-state index in [2.05, 4.69) is 20.5 Å². The van der Waals surface area contributed by atoms with Crippen LogP contribution in [-0.2, 0) is 17.8 Å². The molecule has 4 heterocycles. The zero-order valence-corrected chi connectivity index (χ0v) is 35.3. The SMILES string of the molecule is CC(C)(C)OC(=O)N(Cc1ccc(Cl)cc1Cl)c1cc(-c2ccccc2)nc2ccnn12.Cl.Clc1ccc(CNc2cc(-c3ccccc3)nc3ccnn23)c(Cl)c1. The predicted octanol–water partition coefficient (Wildman–Crippen LogP) is 12.4. The minimum atomic E-state index is -0.683. The van der Waals surface area contributed by atoms with E-state index in [1.165, 1.54) is 4.90 Å². The molecule has 1 N–H and O–H groups in total. The number of ether oxygens (including phenoxy) is 1. The van der Waals surface area contributed by atoms with Gasteiger partial charge in [0.05, 0.1) is 30.3 Å². The molecule has 0 aliphatic rings. The van der Waals surface area contributed by atoms with Crippen molar-refractivity contribution >= 4 is 87.8 Å². The average Bonchev–Trinajstić information content (AvgIpc) is 3.88. The number of anilines is 2. The van der Waals surface area contributed by atoms with Crippen LogP contribution in [0.2, 0.25) is 20.1 Å². The molecule has 4 aromatic carbocycles. The first kappa shape index (κ1) is 42.3. The molecule has 0 aliphatic carbocycles. The zero-order valence-electron chi connectivity index (χ0n) is 31.5. The maximum absolute atomic E-state index is 13.3. The molecule has 0 atom stereocenters. The van der Waals surface area contributed by atoms with Crippen LogP contribution in [0.25, 0.3) is 33.8 Å². The number of hydrogen-bond donors (Lipinski definition) is 1. The maximum atomic E-state index is 13.3. The Morgan fingerprint density at radius 3 is 1.74 bits per heavy atom. The summed E-state index contributed by atoms with van der Waals surface area (Å²) >= 11 is 24.7. The number of fused-ring (bicyclic) bond motifs is 2. The van der Waals surface area contributed by atoms with Crippen molar-refractivity contribution in [1.82, 2.24) is 29.2 Å². The third kappa shape index (κ3) is 10.2. The van der Waals surface area contributed by atoms with Crippen molar-refractivity contribution in [3.8, 4) is 22.5 Å². The zero-order chi connectivity index (χ0) is 40.1. The molecule has 0 unspecified atom stereocenters. The molecule has 4 aromatic heterocycles. The van der Waals surface area contributed by atoms with Gasteiger partial charge in [-0.1, -0.05) is 119 Å². The molecule has 8 aromatic rings. The first-order chi connectivity index (χ1) is 27.4. The highest BCUT2D eigenvalue weighted by Gasteiger charge is 2.27. The lowest BCUT2D eigenvalue weighted by atomic mass is 10.1. The molecule has 1 amide bonds. The summed E-state index contributed by atoms with van der Waals surface area (Å²) in [5.41, 5.74) is 5.97. The lowest BCUT2D eigenvalue weighted by molar-refractivity contribution is 0.0575. The Bertz CT molecular complexity index is 2670. The van der Waals surface area contributed by atoms with E-state index < -0.39 is 11.7 Å². The highest BCUT2D eigenvalue weighted by Crippen LogP contribution is 2.30. The molecule has 0 bridgehead atoms. The van der Waals surface area contributed by atoms with E-state index in [4.69, 9.17) is 56.1 Å². The summed E-state index contributed by atoms with van der Waals surface area (Å²) in [7, 11) is 0. The number of hydrogen-bond acceptors (Lipinski definition) is 7. The second-order valence-corrected chi connectivity index (χ2v) is 15.5. The quantitative estimate of drug-likeness (QED) is 0.162. The summed E-state index contributed by atoms with van der Waals surface area (Å²) in [6, 6.07) is 38.0. The minimum Gasteiger partial charge on any atom is -0.443 e.